The van der Waals surface area contributed by atoms with Gasteiger partial charge in [0.05, 0.1) is 11.9 Å². The number of hydrazone groups is 1. The number of hydrogen-bond acceptors (Lipinski definition) is 5. The van der Waals surface area contributed by atoms with Gasteiger partial charge in [0.2, 0.25) is 5.78 Å². The summed E-state index contributed by atoms with van der Waals surface area (Å²) in [5.74, 6) is -0.809. The highest BCUT2D eigenvalue weighted by Crippen LogP contribution is 2.14. The van der Waals surface area contributed by atoms with Gasteiger partial charge in [0.1, 0.15) is 12.9 Å². The van der Waals surface area contributed by atoms with Crippen LogP contribution in [0.2, 0.25) is 0 Å². The maximum atomic E-state index is 13.0. The molecule has 0 spiro atoms. The molecule has 0 atom stereocenters. The molecule has 24 heavy (non-hydrogen) atoms. The Morgan fingerprint density at radius 3 is 2.46 bits per heavy atom. The number of benzene rings is 2. The molecule has 124 valence electrons. The number of carbonyl (C=O) groups excluding carboxylic acids is 1. The van der Waals surface area contributed by atoms with Gasteiger partial charge in [-0.1, -0.05) is 11.2 Å². The van der Waals surface area contributed by atoms with Crippen molar-refractivity contribution in [2.24, 2.45) is 10.3 Å². The first-order chi connectivity index (χ1) is 11.5. The monoisotopic (exact) mass is 327 g/mol. The fourth-order valence-corrected chi connectivity index (χ4v) is 1.93. The molecule has 0 unspecified atom stereocenters. The van der Waals surface area contributed by atoms with Gasteiger partial charge in [0, 0.05) is 5.56 Å². The van der Waals surface area contributed by atoms with Crippen LogP contribution in [-0.4, -0.2) is 24.8 Å². The number of nitrogens with one attached hydrogen (secondary N) is 1. The molecule has 5 nitrogen and oxygen atoms in total. The second-order valence-corrected chi connectivity index (χ2v) is 5.16. The lowest BCUT2D eigenvalue weighted by Crippen LogP contribution is -2.18. The van der Waals surface area contributed by atoms with Crippen molar-refractivity contribution in [3.8, 4) is 0 Å². The van der Waals surface area contributed by atoms with E-state index in [1.54, 1.807) is 0 Å². The maximum Gasteiger partial charge on any atom is 0.214 e. The number of Topliss-reactive ketones (excluding diaryl/α,β-unsaturated/α-hetero) is 1. The highest BCUT2D eigenvalue weighted by atomic mass is 19.1. The van der Waals surface area contributed by atoms with Gasteiger partial charge in [-0.05, 0) is 61.4 Å². The Balaban J connectivity index is 2.26. The molecule has 6 heteroatoms. The fraction of sp³-hybridized carbons (Fsp3) is 0.167. The van der Waals surface area contributed by atoms with E-state index in [4.69, 9.17) is 0 Å². The molecule has 0 aromatic heterocycles. The van der Waals surface area contributed by atoms with Gasteiger partial charge in [-0.15, -0.1) is 0 Å². The lowest BCUT2D eigenvalue weighted by molar-refractivity contribution is 0.106. The number of carbonyl (C=O) groups is 1. The van der Waals surface area contributed by atoms with E-state index in [9.17, 15) is 9.18 Å². The number of anilines is 1. The first-order valence-electron chi connectivity index (χ1n) is 7.29. The summed E-state index contributed by atoms with van der Waals surface area (Å²) in [4.78, 5) is 17.1. The number of nitrogens with zero attached hydrogens (tertiary/aromatic N) is 2. The summed E-state index contributed by atoms with van der Waals surface area (Å²) in [7, 11) is 1.37. The van der Waals surface area contributed by atoms with E-state index >= 15 is 0 Å². The summed E-state index contributed by atoms with van der Waals surface area (Å²) >= 11 is 0. The van der Waals surface area contributed by atoms with E-state index in [1.807, 2.05) is 32.0 Å². The van der Waals surface area contributed by atoms with Crippen molar-refractivity contribution in [2.75, 3.05) is 12.5 Å². The van der Waals surface area contributed by atoms with Gasteiger partial charge in [-0.25, -0.2) is 4.39 Å². The van der Waals surface area contributed by atoms with Crippen molar-refractivity contribution in [3.63, 3.8) is 0 Å². The van der Waals surface area contributed by atoms with Crippen molar-refractivity contribution in [1.29, 1.82) is 0 Å². The molecule has 0 bridgehead atoms. The van der Waals surface area contributed by atoms with E-state index in [0.29, 0.717) is 5.56 Å². The topological polar surface area (TPSA) is 63.1 Å². The molecule has 0 saturated heterocycles. The Labute approximate surface area is 139 Å². The Hall–Kier alpha value is -3.02. The van der Waals surface area contributed by atoms with E-state index in [2.05, 4.69) is 20.5 Å². The number of halogens is 1. The average molecular weight is 327 g/mol. The second-order valence-electron chi connectivity index (χ2n) is 5.16. The number of hydrogen-bond donors (Lipinski definition) is 1. The minimum absolute atomic E-state index is 0.0432. The molecule has 2 rings (SSSR count). The Bertz CT molecular complexity index is 783. The van der Waals surface area contributed by atoms with Crippen molar-refractivity contribution in [2.45, 2.75) is 13.8 Å². The molecule has 0 fully saturated rings. The molecule has 2 aromatic carbocycles. The molecule has 0 saturated carbocycles. The van der Waals surface area contributed by atoms with Crippen molar-refractivity contribution in [3.05, 3.63) is 65.0 Å². The van der Waals surface area contributed by atoms with E-state index in [1.165, 1.54) is 37.6 Å². The van der Waals surface area contributed by atoms with E-state index in [-0.39, 0.29) is 5.71 Å². The third-order valence-corrected chi connectivity index (χ3v) is 3.43. The highest BCUT2D eigenvalue weighted by molar-refractivity contribution is 6.64. The van der Waals surface area contributed by atoms with Gasteiger partial charge < -0.3 is 4.84 Å². The van der Waals surface area contributed by atoms with Crippen LogP contribution in [0.25, 0.3) is 0 Å². The Morgan fingerprint density at radius 1 is 1.12 bits per heavy atom. The summed E-state index contributed by atoms with van der Waals surface area (Å²) in [6.07, 6.45) is 1.21. The SMILES string of the molecule is CO/N=C\C(=N\Nc1ccc(C)c(C)c1)C(=O)c1ccc(F)cc1. The molecular formula is C18H18FN3O2. The smallest absolute Gasteiger partial charge is 0.214 e. The molecule has 1 N–H and O–H groups in total. The molecule has 0 aliphatic carbocycles. The van der Waals surface area contributed by atoms with Crippen LogP contribution < -0.4 is 5.43 Å². The van der Waals surface area contributed by atoms with Gasteiger partial charge in [0.25, 0.3) is 0 Å². The summed E-state index contributed by atoms with van der Waals surface area (Å²) in [5, 5.41) is 7.68. The quantitative estimate of drug-likeness (QED) is 0.499. The lowest BCUT2D eigenvalue weighted by atomic mass is 10.1. The lowest BCUT2D eigenvalue weighted by Gasteiger charge is -2.06. The average Bonchev–Trinajstić information content (AvgIpc) is 2.58. The zero-order chi connectivity index (χ0) is 17.5. The van der Waals surface area contributed by atoms with Crippen molar-refractivity contribution in [1.82, 2.24) is 0 Å². The molecule has 0 amide bonds. The number of rotatable bonds is 6. The van der Waals surface area contributed by atoms with Crippen molar-refractivity contribution < 1.29 is 14.0 Å². The third kappa shape index (κ3) is 4.49. The number of ketones is 1. The summed E-state index contributed by atoms with van der Waals surface area (Å²) in [5.41, 5.74) is 6.19. The predicted molar refractivity (Wildman–Crippen MR) is 93.2 cm³/mol. The first kappa shape index (κ1) is 17.3. The molecule has 2 aromatic rings. The normalized spacial score (nSPS) is 11.6. The van der Waals surface area contributed by atoms with Crippen LogP contribution in [0.1, 0.15) is 21.5 Å². The molecule has 0 aliphatic heterocycles. The highest BCUT2D eigenvalue weighted by Gasteiger charge is 2.13. The van der Waals surface area contributed by atoms with Gasteiger partial charge in [0.15, 0.2) is 5.71 Å². The van der Waals surface area contributed by atoms with Crippen LogP contribution in [0.3, 0.4) is 0 Å². The zero-order valence-corrected chi connectivity index (χ0v) is 13.7. The molecule has 0 radical (unpaired) electrons. The fourth-order valence-electron chi connectivity index (χ4n) is 1.93. The standard InChI is InChI=1S/C18H18FN3O2/c1-12-4-9-16(10-13(12)2)21-22-17(11-20-24-3)18(23)14-5-7-15(19)8-6-14/h4-11,21H,1-3H3/b20-11-,22-17-. The van der Waals surface area contributed by atoms with Crippen LogP contribution in [0.5, 0.6) is 0 Å². The van der Waals surface area contributed by atoms with Gasteiger partial charge >= 0.3 is 0 Å². The minimum atomic E-state index is -0.413. The van der Waals surface area contributed by atoms with Crippen LogP contribution in [0.15, 0.2) is 52.7 Å². The van der Waals surface area contributed by atoms with Crippen LogP contribution in [0, 0.1) is 19.7 Å². The summed E-state index contributed by atoms with van der Waals surface area (Å²) in [6.45, 7) is 4.00. The second kappa shape index (κ2) is 8.01. The van der Waals surface area contributed by atoms with E-state index in [0.717, 1.165) is 16.8 Å². The van der Waals surface area contributed by atoms with Gasteiger partial charge in [-0.2, -0.15) is 5.10 Å². The molecular weight excluding hydrogens is 309 g/mol. The number of aryl methyl sites for hydroxylation is 2. The summed E-state index contributed by atoms with van der Waals surface area (Å²) in [6, 6.07) is 11.0. The number of oxime groups is 1. The maximum absolute atomic E-state index is 13.0. The first-order valence-corrected chi connectivity index (χ1v) is 7.29. The van der Waals surface area contributed by atoms with Gasteiger partial charge in [-0.3, -0.25) is 10.2 Å². The summed E-state index contributed by atoms with van der Waals surface area (Å²) < 4.78 is 13.0. The third-order valence-electron chi connectivity index (χ3n) is 3.43. The van der Waals surface area contributed by atoms with Crippen molar-refractivity contribution >= 4 is 23.4 Å². The van der Waals surface area contributed by atoms with E-state index < -0.39 is 11.6 Å². The predicted octanol–water partition coefficient (Wildman–Crippen LogP) is 3.73. The molecule has 0 heterocycles. The molecule has 0 aliphatic rings. The minimum Gasteiger partial charge on any atom is -0.399 e. The van der Waals surface area contributed by atoms with Crippen LogP contribution in [-0.2, 0) is 4.84 Å². The Morgan fingerprint density at radius 2 is 1.83 bits per heavy atom. The van der Waals surface area contributed by atoms with Crippen LogP contribution >= 0.6 is 0 Å². The largest absolute Gasteiger partial charge is 0.399 e. The van der Waals surface area contributed by atoms with Crippen LogP contribution in [0.4, 0.5) is 10.1 Å². The Kier molecular flexibility index (Phi) is 5.78. The zero-order valence-electron chi connectivity index (χ0n) is 13.7.